The van der Waals surface area contributed by atoms with E-state index < -0.39 is 0 Å². The van der Waals surface area contributed by atoms with Crippen molar-refractivity contribution in [2.75, 3.05) is 10.2 Å². The number of rotatable bonds is 1. The Bertz CT molecular complexity index is 769. The van der Waals surface area contributed by atoms with E-state index in [-0.39, 0.29) is 11.9 Å². The molecule has 2 aliphatic heterocycles. The minimum absolute atomic E-state index is 0.112. The summed E-state index contributed by atoms with van der Waals surface area (Å²) in [5, 5.41) is 3.59. The van der Waals surface area contributed by atoms with Gasteiger partial charge in [-0.25, -0.2) is 0 Å². The topological polar surface area (TPSA) is 32.3 Å². The first-order valence-electron chi connectivity index (χ1n) is 8.94. The fourth-order valence-electron chi connectivity index (χ4n) is 3.91. The molecule has 124 valence electrons. The van der Waals surface area contributed by atoms with Crippen LogP contribution < -0.4 is 10.2 Å². The normalized spacial score (nSPS) is 22.3. The monoisotopic (exact) mass is 320 g/mol. The van der Waals surface area contributed by atoms with Crippen LogP contribution in [0.3, 0.4) is 0 Å². The van der Waals surface area contributed by atoms with Gasteiger partial charge in [-0.2, -0.15) is 0 Å². The summed E-state index contributed by atoms with van der Waals surface area (Å²) in [7, 11) is 0. The molecule has 2 aromatic rings. The van der Waals surface area contributed by atoms with E-state index in [4.69, 9.17) is 0 Å². The van der Waals surface area contributed by atoms with Crippen LogP contribution in [-0.2, 0) is 12.8 Å². The van der Waals surface area contributed by atoms with Gasteiger partial charge in [0.15, 0.2) is 0 Å². The highest BCUT2D eigenvalue weighted by Crippen LogP contribution is 2.38. The molecule has 0 spiro atoms. The maximum absolute atomic E-state index is 13.1. The first-order valence-corrected chi connectivity index (χ1v) is 8.94. The summed E-state index contributed by atoms with van der Waals surface area (Å²) in [6, 6.07) is 14.9. The SMILES string of the molecule is CC1CCc2cc3c(cc2N1)CCC(C)N3C(=O)c1ccccc1. The van der Waals surface area contributed by atoms with Crippen LogP contribution in [0.1, 0.15) is 48.2 Å². The molecule has 0 aliphatic carbocycles. The summed E-state index contributed by atoms with van der Waals surface area (Å²) in [6.45, 7) is 4.39. The minimum Gasteiger partial charge on any atom is -0.382 e. The van der Waals surface area contributed by atoms with Gasteiger partial charge in [0.2, 0.25) is 0 Å². The van der Waals surface area contributed by atoms with Gasteiger partial charge in [-0.1, -0.05) is 18.2 Å². The molecule has 1 N–H and O–H groups in total. The standard InChI is InChI=1S/C21H24N2O/c1-14-8-10-17-13-20-18(12-19(17)22-14)11-9-15(2)23(20)21(24)16-6-4-3-5-7-16/h3-7,12-15,22H,8-11H2,1-2H3. The highest BCUT2D eigenvalue weighted by Gasteiger charge is 2.30. The maximum Gasteiger partial charge on any atom is 0.258 e. The summed E-state index contributed by atoms with van der Waals surface area (Å²) in [4.78, 5) is 15.1. The molecule has 0 bridgehead atoms. The summed E-state index contributed by atoms with van der Waals surface area (Å²) in [6.07, 6.45) is 4.28. The number of anilines is 2. The zero-order valence-electron chi connectivity index (χ0n) is 14.4. The van der Waals surface area contributed by atoms with Crippen LogP contribution in [0.5, 0.6) is 0 Å². The second-order valence-corrected chi connectivity index (χ2v) is 7.15. The average Bonchev–Trinajstić information content (AvgIpc) is 2.60. The van der Waals surface area contributed by atoms with Gasteiger partial charge >= 0.3 is 0 Å². The number of aryl methyl sites for hydroxylation is 2. The lowest BCUT2D eigenvalue weighted by Gasteiger charge is -2.37. The van der Waals surface area contributed by atoms with Crippen LogP contribution in [0.4, 0.5) is 11.4 Å². The van der Waals surface area contributed by atoms with Gasteiger partial charge in [0.25, 0.3) is 5.91 Å². The number of carbonyl (C=O) groups is 1. The van der Waals surface area contributed by atoms with Crippen molar-refractivity contribution in [2.24, 2.45) is 0 Å². The molecular weight excluding hydrogens is 296 g/mol. The van der Waals surface area contributed by atoms with Gasteiger partial charge < -0.3 is 10.2 Å². The third-order valence-corrected chi connectivity index (χ3v) is 5.32. The second-order valence-electron chi connectivity index (χ2n) is 7.15. The van der Waals surface area contributed by atoms with E-state index in [0.717, 1.165) is 36.9 Å². The van der Waals surface area contributed by atoms with Crippen LogP contribution in [-0.4, -0.2) is 18.0 Å². The van der Waals surface area contributed by atoms with Gasteiger partial charge in [0, 0.05) is 29.0 Å². The summed E-state index contributed by atoms with van der Waals surface area (Å²) < 4.78 is 0. The molecule has 0 fully saturated rings. The molecule has 0 saturated heterocycles. The summed E-state index contributed by atoms with van der Waals surface area (Å²) in [5.41, 5.74) is 5.76. The van der Waals surface area contributed by atoms with Gasteiger partial charge in [0.1, 0.15) is 0 Å². The lowest BCUT2D eigenvalue weighted by molar-refractivity contribution is 0.0975. The lowest BCUT2D eigenvalue weighted by atomic mass is 9.90. The number of hydrogen-bond donors (Lipinski definition) is 1. The van der Waals surface area contributed by atoms with Crippen molar-refractivity contribution in [2.45, 2.75) is 51.6 Å². The van der Waals surface area contributed by atoms with Crippen molar-refractivity contribution < 1.29 is 4.79 Å². The van der Waals surface area contributed by atoms with Crippen molar-refractivity contribution in [3.63, 3.8) is 0 Å². The van der Waals surface area contributed by atoms with E-state index >= 15 is 0 Å². The quantitative estimate of drug-likeness (QED) is 0.844. The smallest absolute Gasteiger partial charge is 0.258 e. The van der Waals surface area contributed by atoms with Crippen LogP contribution in [0.25, 0.3) is 0 Å². The molecule has 0 saturated carbocycles. The van der Waals surface area contributed by atoms with Crippen molar-refractivity contribution in [1.82, 2.24) is 0 Å². The van der Waals surface area contributed by atoms with Crippen LogP contribution in [0, 0.1) is 0 Å². The maximum atomic E-state index is 13.1. The average molecular weight is 320 g/mol. The van der Waals surface area contributed by atoms with E-state index in [1.807, 2.05) is 35.2 Å². The molecule has 3 heteroatoms. The van der Waals surface area contributed by atoms with Gasteiger partial charge in [-0.3, -0.25) is 4.79 Å². The zero-order chi connectivity index (χ0) is 16.7. The number of benzene rings is 2. The van der Waals surface area contributed by atoms with E-state index in [9.17, 15) is 4.79 Å². The molecule has 4 rings (SSSR count). The molecular formula is C21H24N2O. The Hall–Kier alpha value is -2.29. The molecule has 2 aromatic carbocycles. The first kappa shape index (κ1) is 15.3. The van der Waals surface area contributed by atoms with Gasteiger partial charge in [-0.15, -0.1) is 0 Å². The van der Waals surface area contributed by atoms with Crippen LogP contribution >= 0.6 is 0 Å². The Labute approximate surface area is 143 Å². The number of nitrogens with one attached hydrogen (secondary N) is 1. The molecule has 24 heavy (non-hydrogen) atoms. The van der Waals surface area contributed by atoms with Crippen LogP contribution in [0.15, 0.2) is 42.5 Å². The van der Waals surface area contributed by atoms with Gasteiger partial charge in [-0.05, 0) is 74.9 Å². The predicted molar refractivity (Wildman–Crippen MR) is 98.9 cm³/mol. The van der Waals surface area contributed by atoms with Crippen molar-refractivity contribution >= 4 is 17.3 Å². The fourth-order valence-corrected chi connectivity index (χ4v) is 3.91. The number of nitrogens with zero attached hydrogens (tertiary/aromatic N) is 1. The second kappa shape index (κ2) is 5.97. The number of amides is 1. The van der Waals surface area contributed by atoms with E-state index in [0.29, 0.717) is 6.04 Å². The van der Waals surface area contributed by atoms with Crippen molar-refractivity contribution in [3.8, 4) is 0 Å². The van der Waals surface area contributed by atoms with E-state index in [2.05, 4.69) is 31.3 Å². The lowest BCUT2D eigenvalue weighted by Crippen LogP contribution is -2.42. The van der Waals surface area contributed by atoms with Gasteiger partial charge in [0.05, 0.1) is 0 Å². The Morgan fingerprint density at radius 2 is 1.79 bits per heavy atom. The third kappa shape index (κ3) is 2.58. The third-order valence-electron chi connectivity index (χ3n) is 5.32. The highest BCUT2D eigenvalue weighted by atomic mass is 16.2. The number of fused-ring (bicyclic) bond motifs is 2. The summed E-state index contributed by atoms with van der Waals surface area (Å²) in [5.74, 6) is 0.112. The first-order chi connectivity index (χ1) is 11.6. The predicted octanol–water partition coefficient (Wildman–Crippen LogP) is 4.41. The zero-order valence-corrected chi connectivity index (χ0v) is 14.4. The Balaban J connectivity index is 1.76. The molecule has 0 radical (unpaired) electrons. The molecule has 0 aromatic heterocycles. The Kier molecular flexibility index (Phi) is 3.79. The molecule has 2 aliphatic rings. The molecule has 2 unspecified atom stereocenters. The highest BCUT2D eigenvalue weighted by molar-refractivity contribution is 6.07. The molecule has 2 heterocycles. The number of carbonyl (C=O) groups excluding carboxylic acids is 1. The van der Waals surface area contributed by atoms with Crippen molar-refractivity contribution in [3.05, 3.63) is 59.2 Å². The number of hydrogen-bond acceptors (Lipinski definition) is 2. The summed E-state index contributed by atoms with van der Waals surface area (Å²) >= 11 is 0. The minimum atomic E-state index is 0.112. The van der Waals surface area contributed by atoms with E-state index in [1.165, 1.54) is 16.8 Å². The fraction of sp³-hybridized carbons (Fsp3) is 0.381. The largest absolute Gasteiger partial charge is 0.382 e. The molecule has 1 amide bonds. The Morgan fingerprint density at radius 3 is 2.58 bits per heavy atom. The molecule has 2 atom stereocenters. The van der Waals surface area contributed by atoms with Crippen LogP contribution in [0.2, 0.25) is 0 Å². The van der Waals surface area contributed by atoms with Crippen molar-refractivity contribution in [1.29, 1.82) is 0 Å². The Morgan fingerprint density at radius 1 is 1.04 bits per heavy atom. The molecule has 3 nitrogen and oxygen atoms in total. The van der Waals surface area contributed by atoms with E-state index in [1.54, 1.807) is 0 Å².